The molecule has 0 radical (unpaired) electrons. The van der Waals surface area contributed by atoms with Crippen molar-refractivity contribution in [2.24, 2.45) is 11.8 Å². The molecule has 1 heterocycles. The van der Waals surface area contributed by atoms with Crippen molar-refractivity contribution in [3.05, 3.63) is 45.1 Å². The number of hydrogen-bond donors (Lipinski definition) is 1. The minimum absolute atomic E-state index is 0.0763. The highest BCUT2D eigenvalue weighted by molar-refractivity contribution is 6.42. The van der Waals surface area contributed by atoms with E-state index >= 15 is 0 Å². The van der Waals surface area contributed by atoms with Gasteiger partial charge >= 0.3 is 5.97 Å². The van der Waals surface area contributed by atoms with E-state index in [1.165, 1.54) is 7.11 Å². The first-order valence-electron chi connectivity index (χ1n) is 7.94. The lowest BCUT2D eigenvalue weighted by Crippen LogP contribution is -2.44. The molecule has 0 fully saturated rings. The van der Waals surface area contributed by atoms with Crippen molar-refractivity contribution in [1.29, 1.82) is 0 Å². The molecule has 2 aliphatic rings. The number of ketones is 1. The van der Waals surface area contributed by atoms with Gasteiger partial charge in [-0.2, -0.15) is 0 Å². The third-order valence-corrected chi connectivity index (χ3v) is 5.64. The van der Waals surface area contributed by atoms with Crippen LogP contribution < -0.4 is 5.32 Å². The fourth-order valence-electron chi connectivity index (χ4n) is 3.65. The smallest absolute Gasteiger partial charge is 0.316 e. The Bertz CT molecular complexity index is 802. The molecule has 1 aliphatic heterocycles. The van der Waals surface area contributed by atoms with Crippen LogP contribution in [0.1, 0.15) is 31.2 Å². The number of methoxy groups -OCH3 is 1. The average Bonchev–Trinajstić information content (AvgIpc) is 2.56. The van der Waals surface area contributed by atoms with Gasteiger partial charge in [0.1, 0.15) is 5.92 Å². The van der Waals surface area contributed by atoms with Gasteiger partial charge in [-0.1, -0.05) is 42.3 Å². The highest BCUT2D eigenvalue weighted by Gasteiger charge is 2.45. The molecule has 1 aromatic rings. The van der Waals surface area contributed by atoms with E-state index < -0.39 is 17.8 Å². The second-order valence-electron chi connectivity index (χ2n) is 6.39. The number of carbonyl (C=O) groups excluding carboxylic acids is 3. The summed E-state index contributed by atoms with van der Waals surface area (Å²) in [4.78, 5) is 37.3. The van der Waals surface area contributed by atoms with Gasteiger partial charge in [0, 0.05) is 23.6 Å². The molecular weight excluding hydrogens is 365 g/mol. The summed E-state index contributed by atoms with van der Waals surface area (Å²) in [6.07, 6.45) is 0.494. The van der Waals surface area contributed by atoms with Crippen LogP contribution in [0.4, 0.5) is 0 Å². The molecule has 5 nitrogen and oxygen atoms in total. The van der Waals surface area contributed by atoms with Gasteiger partial charge in [-0.25, -0.2) is 0 Å². The Morgan fingerprint density at radius 1 is 1.24 bits per heavy atom. The molecule has 25 heavy (non-hydrogen) atoms. The molecule has 0 saturated carbocycles. The summed E-state index contributed by atoms with van der Waals surface area (Å²) >= 11 is 12.4. The molecule has 0 spiro atoms. The van der Waals surface area contributed by atoms with Gasteiger partial charge < -0.3 is 10.1 Å². The Balaban J connectivity index is 2.12. The number of halogens is 2. The predicted molar refractivity (Wildman–Crippen MR) is 93.3 cm³/mol. The molecule has 1 N–H and O–H groups in total. The lowest BCUT2D eigenvalue weighted by molar-refractivity contribution is -0.151. The van der Waals surface area contributed by atoms with Crippen molar-refractivity contribution >= 4 is 40.9 Å². The quantitative estimate of drug-likeness (QED) is 0.630. The SMILES string of the molecule is COC(=O)[C@@H]1C(=O)C2=C(C[C@@H]1C)NC(=O)C[C@@H]2c1cccc(Cl)c1Cl. The molecule has 1 aliphatic carbocycles. The zero-order valence-electron chi connectivity index (χ0n) is 13.8. The summed E-state index contributed by atoms with van der Waals surface area (Å²) < 4.78 is 4.80. The van der Waals surface area contributed by atoms with E-state index in [-0.39, 0.29) is 24.0 Å². The second-order valence-corrected chi connectivity index (χ2v) is 7.17. The normalized spacial score (nSPS) is 26.2. The third-order valence-electron chi connectivity index (χ3n) is 4.81. The number of esters is 1. The maximum absolute atomic E-state index is 13.1. The number of ether oxygens (including phenoxy) is 1. The van der Waals surface area contributed by atoms with Crippen LogP contribution >= 0.6 is 23.2 Å². The van der Waals surface area contributed by atoms with Gasteiger partial charge in [-0.15, -0.1) is 0 Å². The van der Waals surface area contributed by atoms with E-state index in [9.17, 15) is 14.4 Å². The van der Waals surface area contributed by atoms with Crippen LogP contribution in [0.25, 0.3) is 0 Å². The summed E-state index contributed by atoms with van der Waals surface area (Å²) in [7, 11) is 1.26. The largest absolute Gasteiger partial charge is 0.468 e. The lowest BCUT2D eigenvalue weighted by Gasteiger charge is -2.36. The minimum atomic E-state index is -0.876. The first-order chi connectivity index (χ1) is 11.8. The molecule has 0 unspecified atom stereocenters. The predicted octanol–water partition coefficient (Wildman–Crippen LogP) is 3.25. The summed E-state index contributed by atoms with van der Waals surface area (Å²) in [6, 6.07) is 5.12. The third kappa shape index (κ3) is 3.07. The van der Waals surface area contributed by atoms with Gasteiger partial charge in [0.15, 0.2) is 5.78 Å². The van der Waals surface area contributed by atoms with Crippen LogP contribution in [0.5, 0.6) is 0 Å². The van der Waals surface area contributed by atoms with Gasteiger partial charge in [0.25, 0.3) is 0 Å². The van der Waals surface area contributed by atoms with E-state index in [2.05, 4.69) is 5.32 Å². The maximum atomic E-state index is 13.1. The van der Waals surface area contributed by atoms with Crippen molar-refractivity contribution in [2.45, 2.75) is 25.7 Å². The summed E-state index contributed by atoms with van der Waals surface area (Å²) in [6.45, 7) is 1.80. The van der Waals surface area contributed by atoms with E-state index in [0.717, 1.165) is 0 Å². The molecule has 1 amide bonds. The molecule has 3 atom stereocenters. The molecular formula is C18H17Cl2NO4. The van der Waals surface area contributed by atoms with E-state index in [4.69, 9.17) is 27.9 Å². The Kier molecular flexibility index (Phi) is 4.89. The molecule has 0 aromatic heterocycles. The molecule has 1 aromatic carbocycles. The lowest BCUT2D eigenvalue weighted by atomic mass is 9.70. The number of amides is 1. The standard InChI is InChI=1S/C18H17Cl2NO4/c1-8-6-12-15(17(23)14(8)18(24)25-2)10(7-13(22)21-12)9-4-3-5-11(19)16(9)20/h3-5,8,10,14H,6-7H2,1-2H3,(H,21,22)/t8-,10+,14-/m0/s1. The first kappa shape index (κ1) is 18.0. The van der Waals surface area contributed by atoms with Crippen LogP contribution in [0, 0.1) is 11.8 Å². The minimum Gasteiger partial charge on any atom is -0.468 e. The van der Waals surface area contributed by atoms with E-state index in [1.54, 1.807) is 25.1 Å². The van der Waals surface area contributed by atoms with Crippen LogP contribution in [0.3, 0.4) is 0 Å². The number of rotatable bonds is 2. The zero-order chi connectivity index (χ0) is 18.3. The number of Topliss-reactive ketones (excluding diaryl/α,β-unsaturated/α-hetero) is 1. The number of allylic oxidation sites excluding steroid dienone is 2. The van der Waals surface area contributed by atoms with Crippen molar-refractivity contribution in [3.8, 4) is 0 Å². The van der Waals surface area contributed by atoms with Crippen LogP contribution in [-0.2, 0) is 19.1 Å². The van der Waals surface area contributed by atoms with Crippen molar-refractivity contribution in [3.63, 3.8) is 0 Å². The number of nitrogens with one attached hydrogen (secondary N) is 1. The van der Waals surface area contributed by atoms with Crippen molar-refractivity contribution in [1.82, 2.24) is 5.32 Å². The first-order valence-corrected chi connectivity index (χ1v) is 8.69. The van der Waals surface area contributed by atoms with Crippen LogP contribution in [0.15, 0.2) is 29.5 Å². The fraction of sp³-hybridized carbons (Fsp3) is 0.389. The molecule has 0 saturated heterocycles. The Morgan fingerprint density at radius 2 is 1.96 bits per heavy atom. The Morgan fingerprint density at radius 3 is 2.64 bits per heavy atom. The van der Waals surface area contributed by atoms with Crippen molar-refractivity contribution < 1.29 is 19.1 Å². The second kappa shape index (κ2) is 6.81. The summed E-state index contributed by atoms with van der Waals surface area (Å²) in [5.41, 5.74) is 1.61. The maximum Gasteiger partial charge on any atom is 0.316 e. The zero-order valence-corrected chi connectivity index (χ0v) is 15.3. The van der Waals surface area contributed by atoms with Gasteiger partial charge in [-0.05, 0) is 24.0 Å². The number of carbonyl (C=O) groups is 3. The van der Waals surface area contributed by atoms with Crippen molar-refractivity contribution in [2.75, 3.05) is 7.11 Å². The fourth-order valence-corrected chi connectivity index (χ4v) is 4.09. The van der Waals surface area contributed by atoms with Crippen LogP contribution in [0.2, 0.25) is 10.0 Å². The molecule has 7 heteroatoms. The van der Waals surface area contributed by atoms with E-state index in [0.29, 0.717) is 33.3 Å². The highest BCUT2D eigenvalue weighted by Crippen LogP contribution is 2.44. The number of hydrogen-bond acceptors (Lipinski definition) is 4. The Hall–Kier alpha value is -1.85. The van der Waals surface area contributed by atoms with Gasteiger partial charge in [0.05, 0.1) is 17.2 Å². The Labute approximate surface area is 155 Å². The van der Waals surface area contributed by atoms with Gasteiger partial charge in [0.2, 0.25) is 5.91 Å². The highest BCUT2D eigenvalue weighted by atomic mass is 35.5. The monoisotopic (exact) mass is 381 g/mol. The number of benzene rings is 1. The summed E-state index contributed by atoms with van der Waals surface area (Å²) in [5, 5.41) is 3.45. The topological polar surface area (TPSA) is 72.5 Å². The van der Waals surface area contributed by atoms with Gasteiger partial charge in [-0.3, -0.25) is 14.4 Å². The van der Waals surface area contributed by atoms with E-state index in [1.807, 2.05) is 0 Å². The molecule has 0 bridgehead atoms. The molecule has 132 valence electrons. The summed E-state index contributed by atoms with van der Waals surface area (Å²) in [5.74, 6) is -2.72. The molecule has 3 rings (SSSR count). The van der Waals surface area contributed by atoms with Crippen LogP contribution in [-0.4, -0.2) is 24.8 Å². The average molecular weight is 382 g/mol.